The molecule has 2 aromatic carbocycles. The van der Waals surface area contributed by atoms with Gasteiger partial charge in [-0.3, -0.25) is 5.10 Å². The van der Waals surface area contributed by atoms with Gasteiger partial charge in [-0.2, -0.15) is 9.78 Å². The summed E-state index contributed by atoms with van der Waals surface area (Å²) < 4.78 is 7.38. The van der Waals surface area contributed by atoms with Crippen LogP contribution in [0.1, 0.15) is 56.2 Å². The molecule has 0 spiro atoms. The highest BCUT2D eigenvalue weighted by molar-refractivity contribution is 5.74. The van der Waals surface area contributed by atoms with E-state index < -0.39 is 6.09 Å². The van der Waals surface area contributed by atoms with Crippen LogP contribution in [0, 0.1) is 6.92 Å². The lowest BCUT2D eigenvalue weighted by Crippen LogP contribution is -2.31. The highest BCUT2D eigenvalue weighted by Crippen LogP contribution is 2.29. The fourth-order valence-electron chi connectivity index (χ4n) is 3.55. The van der Waals surface area contributed by atoms with Crippen LogP contribution in [0.2, 0.25) is 0 Å². The minimum Gasteiger partial charge on any atom is -0.410 e. The van der Waals surface area contributed by atoms with E-state index in [-0.39, 0.29) is 12.0 Å². The summed E-state index contributed by atoms with van der Waals surface area (Å²) in [6.07, 6.45) is 1.79. The molecule has 170 valence electrons. The Balaban J connectivity index is 1.67. The van der Waals surface area contributed by atoms with Gasteiger partial charge in [0.05, 0.1) is 17.4 Å². The molecule has 1 unspecified atom stereocenters. The van der Waals surface area contributed by atoms with Crippen LogP contribution in [-0.4, -0.2) is 36.5 Å². The summed E-state index contributed by atoms with van der Waals surface area (Å²) in [5.74, 6) is 1.23. The second-order valence-electron chi connectivity index (χ2n) is 8.19. The quantitative estimate of drug-likeness (QED) is 0.426. The van der Waals surface area contributed by atoms with Gasteiger partial charge >= 0.3 is 6.09 Å². The monoisotopic (exact) mass is 445 g/mol. The third kappa shape index (κ3) is 5.08. The number of amides is 1. The zero-order valence-corrected chi connectivity index (χ0v) is 19.1. The molecule has 0 aliphatic heterocycles. The number of benzene rings is 2. The van der Waals surface area contributed by atoms with Crippen molar-refractivity contribution in [3.63, 3.8) is 0 Å². The Bertz CT molecular complexity index is 1210. The summed E-state index contributed by atoms with van der Waals surface area (Å²) >= 11 is 0. The second kappa shape index (κ2) is 9.64. The Morgan fingerprint density at radius 1 is 1.12 bits per heavy atom. The number of H-pyrrole nitrogens is 1. The van der Waals surface area contributed by atoms with Crippen LogP contribution in [0.4, 0.5) is 4.79 Å². The van der Waals surface area contributed by atoms with Crippen molar-refractivity contribution in [2.24, 2.45) is 0 Å². The van der Waals surface area contributed by atoms with Crippen LogP contribution in [0.15, 0.2) is 54.7 Å². The number of carbonyl (C=O) groups is 1. The van der Waals surface area contributed by atoms with E-state index in [1.807, 2.05) is 70.2 Å². The number of hydrogen-bond acceptors (Lipinski definition) is 6. The fourth-order valence-corrected chi connectivity index (χ4v) is 3.55. The van der Waals surface area contributed by atoms with Crippen LogP contribution in [0.25, 0.3) is 16.8 Å². The highest BCUT2D eigenvalue weighted by Gasteiger charge is 2.18. The van der Waals surface area contributed by atoms with Crippen LogP contribution in [0.3, 0.4) is 0 Å². The van der Waals surface area contributed by atoms with E-state index >= 15 is 0 Å². The number of ether oxygens (including phenoxy) is 1. The van der Waals surface area contributed by atoms with Gasteiger partial charge in [-0.1, -0.05) is 50.6 Å². The van der Waals surface area contributed by atoms with Gasteiger partial charge in [0.2, 0.25) is 0 Å². The normalized spacial score (nSPS) is 12.0. The molecule has 9 heteroatoms. The van der Waals surface area contributed by atoms with Gasteiger partial charge in [0.25, 0.3) is 0 Å². The lowest BCUT2D eigenvalue weighted by atomic mass is 10.0. The van der Waals surface area contributed by atoms with Crippen molar-refractivity contribution < 1.29 is 9.53 Å². The maximum atomic E-state index is 12.7. The van der Waals surface area contributed by atoms with Gasteiger partial charge in [-0.15, -0.1) is 5.10 Å². The average molecular weight is 446 g/mol. The first-order chi connectivity index (χ1) is 15.9. The van der Waals surface area contributed by atoms with Crippen molar-refractivity contribution in [1.82, 2.24) is 35.7 Å². The Kier molecular flexibility index (Phi) is 6.48. The van der Waals surface area contributed by atoms with E-state index in [9.17, 15) is 4.79 Å². The summed E-state index contributed by atoms with van der Waals surface area (Å²) in [6, 6.07) is 15.3. The van der Waals surface area contributed by atoms with Gasteiger partial charge < -0.3 is 10.1 Å². The number of nitrogens with zero attached hydrogens (tertiary/aromatic N) is 5. The molecule has 33 heavy (non-hydrogen) atoms. The van der Waals surface area contributed by atoms with E-state index in [0.29, 0.717) is 17.9 Å². The van der Waals surface area contributed by atoms with Gasteiger partial charge in [0.15, 0.2) is 5.82 Å². The Labute approximate surface area is 192 Å². The van der Waals surface area contributed by atoms with Crippen molar-refractivity contribution in [3.05, 3.63) is 71.8 Å². The predicted molar refractivity (Wildman–Crippen MR) is 124 cm³/mol. The average Bonchev–Trinajstić information content (AvgIpc) is 3.50. The number of tetrazole rings is 1. The first-order valence-electron chi connectivity index (χ1n) is 10.9. The molecular weight excluding hydrogens is 418 g/mol. The van der Waals surface area contributed by atoms with Crippen molar-refractivity contribution in [2.45, 2.75) is 46.1 Å². The molecule has 0 bridgehead atoms. The summed E-state index contributed by atoms with van der Waals surface area (Å²) in [7, 11) is 0. The molecule has 0 fully saturated rings. The van der Waals surface area contributed by atoms with Crippen LogP contribution < -0.4 is 10.1 Å². The molecule has 0 aliphatic rings. The topological polar surface area (TPSA) is 111 Å². The summed E-state index contributed by atoms with van der Waals surface area (Å²) in [6.45, 7) is 8.07. The number of aromatic amines is 1. The van der Waals surface area contributed by atoms with Crippen molar-refractivity contribution in [3.8, 4) is 22.6 Å². The number of aromatic nitrogens is 6. The molecular formula is C24H27N7O2. The SMILES string of the molecule is CCC(NC(=O)Oc1cc(-c2ccc(C)cc2)cc(-n2nnnc2C(C)C)c1)c1ccn[nH]1. The van der Waals surface area contributed by atoms with Crippen LogP contribution in [-0.2, 0) is 0 Å². The third-order valence-corrected chi connectivity index (χ3v) is 5.34. The standard InChI is InChI=1S/C24H27N7O2/c1-5-21(22-10-11-25-27-22)26-24(32)33-20-13-18(17-8-6-16(4)7-9-17)12-19(14-20)31-23(15(2)3)28-29-30-31/h6-15,21H,5H2,1-4H3,(H,25,27)(H,26,32). The molecule has 0 radical (unpaired) electrons. The van der Waals surface area contributed by atoms with Crippen molar-refractivity contribution >= 4 is 6.09 Å². The minimum atomic E-state index is -0.552. The Morgan fingerprint density at radius 2 is 1.91 bits per heavy atom. The second-order valence-corrected chi connectivity index (χ2v) is 8.19. The molecule has 1 amide bonds. The molecule has 0 saturated carbocycles. The minimum absolute atomic E-state index is 0.121. The first-order valence-corrected chi connectivity index (χ1v) is 10.9. The van der Waals surface area contributed by atoms with E-state index in [4.69, 9.17) is 4.74 Å². The van der Waals surface area contributed by atoms with E-state index in [2.05, 4.69) is 31.0 Å². The number of carbonyl (C=O) groups excluding carboxylic acids is 1. The molecule has 4 rings (SSSR count). The summed E-state index contributed by atoms with van der Waals surface area (Å²) in [5, 5.41) is 21.9. The molecule has 2 heterocycles. The molecule has 2 aromatic heterocycles. The summed E-state index contributed by atoms with van der Waals surface area (Å²) in [4.78, 5) is 12.7. The fraction of sp³-hybridized carbons (Fsp3) is 0.292. The van der Waals surface area contributed by atoms with Gasteiger partial charge in [0, 0.05) is 18.2 Å². The molecule has 4 aromatic rings. The lowest BCUT2D eigenvalue weighted by molar-refractivity contribution is 0.195. The zero-order valence-electron chi connectivity index (χ0n) is 19.1. The van der Waals surface area contributed by atoms with Gasteiger partial charge in [-0.05, 0) is 53.1 Å². The zero-order chi connectivity index (χ0) is 23.4. The van der Waals surface area contributed by atoms with Crippen LogP contribution >= 0.6 is 0 Å². The number of aryl methyl sites for hydroxylation is 1. The maximum Gasteiger partial charge on any atom is 0.413 e. The molecule has 0 saturated heterocycles. The number of hydrogen-bond donors (Lipinski definition) is 2. The Morgan fingerprint density at radius 3 is 2.58 bits per heavy atom. The number of rotatable bonds is 7. The molecule has 1 atom stereocenters. The number of nitrogens with one attached hydrogen (secondary N) is 2. The van der Waals surface area contributed by atoms with Crippen molar-refractivity contribution in [1.29, 1.82) is 0 Å². The molecule has 9 nitrogen and oxygen atoms in total. The molecule has 0 aliphatic carbocycles. The van der Waals surface area contributed by atoms with Gasteiger partial charge in [0.1, 0.15) is 5.75 Å². The third-order valence-electron chi connectivity index (χ3n) is 5.34. The Hall–Kier alpha value is -4.01. The van der Waals surface area contributed by atoms with E-state index in [1.165, 1.54) is 0 Å². The first kappa shape index (κ1) is 22.2. The molecule has 2 N–H and O–H groups in total. The smallest absolute Gasteiger partial charge is 0.410 e. The maximum absolute atomic E-state index is 12.7. The largest absolute Gasteiger partial charge is 0.413 e. The van der Waals surface area contributed by atoms with Crippen LogP contribution in [0.5, 0.6) is 5.75 Å². The lowest BCUT2D eigenvalue weighted by Gasteiger charge is -2.16. The highest BCUT2D eigenvalue weighted by atomic mass is 16.6. The predicted octanol–water partition coefficient (Wildman–Crippen LogP) is 4.72. The summed E-state index contributed by atoms with van der Waals surface area (Å²) in [5.41, 5.74) is 4.58. The van der Waals surface area contributed by atoms with E-state index in [1.54, 1.807) is 16.9 Å². The van der Waals surface area contributed by atoms with E-state index in [0.717, 1.165) is 28.2 Å². The van der Waals surface area contributed by atoms with Crippen molar-refractivity contribution in [2.75, 3.05) is 0 Å². The van der Waals surface area contributed by atoms with Gasteiger partial charge in [-0.25, -0.2) is 4.79 Å².